The van der Waals surface area contributed by atoms with Crippen molar-refractivity contribution in [1.29, 1.82) is 0 Å². The highest BCUT2D eigenvalue weighted by molar-refractivity contribution is 8.02. The number of nitrogens with one attached hydrogen (secondary N) is 1. The molecule has 1 saturated heterocycles. The van der Waals surface area contributed by atoms with Crippen LogP contribution in [0.15, 0.2) is 39.0 Å². The van der Waals surface area contributed by atoms with E-state index in [0.717, 1.165) is 28.0 Å². The second kappa shape index (κ2) is 10.2. The number of fused-ring (bicyclic) bond motifs is 1. The van der Waals surface area contributed by atoms with E-state index in [-0.39, 0.29) is 38.4 Å². The van der Waals surface area contributed by atoms with Crippen molar-refractivity contribution < 1.29 is 29.8 Å². The Bertz CT molecular complexity index is 1340. The van der Waals surface area contributed by atoms with Gasteiger partial charge < -0.3 is 32.2 Å². The SMILES string of the molecule is Nc1nc(O)cc(S/C=C/C2=C(C(=O)O)N3C(=O)[C@@H](NC(=O)C(=NO)c4nc(N)sc4Cl)[C@H]3SC2)n1. The minimum atomic E-state index is -1.32. The zero-order valence-corrected chi connectivity index (χ0v) is 20.9. The first-order chi connectivity index (χ1) is 17.1. The number of nitrogen functional groups attached to an aromatic ring is 2. The van der Waals surface area contributed by atoms with E-state index in [1.54, 1.807) is 0 Å². The van der Waals surface area contributed by atoms with Gasteiger partial charge in [0.1, 0.15) is 32.2 Å². The van der Waals surface area contributed by atoms with Crippen LogP contribution in [-0.4, -0.2) is 75.9 Å². The molecule has 0 saturated carbocycles. The molecule has 2 atom stereocenters. The van der Waals surface area contributed by atoms with Crippen LogP contribution in [0.25, 0.3) is 0 Å². The van der Waals surface area contributed by atoms with Gasteiger partial charge in [-0.15, -0.1) is 11.8 Å². The van der Waals surface area contributed by atoms with Gasteiger partial charge in [-0.2, -0.15) is 4.98 Å². The third-order valence-corrected chi connectivity index (χ3v) is 7.90. The maximum absolute atomic E-state index is 12.8. The Morgan fingerprint density at radius 1 is 1.33 bits per heavy atom. The highest BCUT2D eigenvalue weighted by Gasteiger charge is 2.54. The van der Waals surface area contributed by atoms with Gasteiger partial charge in [-0.25, -0.2) is 14.8 Å². The molecule has 0 unspecified atom stereocenters. The number of rotatable bonds is 7. The Morgan fingerprint density at radius 2 is 2.08 bits per heavy atom. The van der Waals surface area contributed by atoms with Crippen molar-refractivity contribution in [3.05, 3.63) is 38.9 Å². The summed E-state index contributed by atoms with van der Waals surface area (Å²) in [4.78, 5) is 49.9. The predicted octanol–water partition coefficient (Wildman–Crippen LogP) is 0.679. The van der Waals surface area contributed by atoms with Gasteiger partial charge in [0.25, 0.3) is 11.8 Å². The van der Waals surface area contributed by atoms with Crippen molar-refractivity contribution in [3.63, 3.8) is 0 Å². The van der Waals surface area contributed by atoms with Gasteiger partial charge in [-0.05, 0) is 17.1 Å². The van der Waals surface area contributed by atoms with Gasteiger partial charge in [0.2, 0.25) is 11.8 Å². The van der Waals surface area contributed by atoms with Crippen LogP contribution in [0.1, 0.15) is 5.69 Å². The molecule has 4 heterocycles. The second-order valence-corrected chi connectivity index (χ2v) is 10.7. The number of thiazole rings is 1. The average Bonchev–Trinajstić information content (AvgIpc) is 3.14. The number of halogens is 1. The third kappa shape index (κ3) is 4.90. The second-order valence-electron chi connectivity index (χ2n) is 7.01. The number of oxime groups is 1. The van der Waals surface area contributed by atoms with Crippen molar-refractivity contribution >= 4 is 81.0 Å². The van der Waals surface area contributed by atoms with E-state index >= 15 is 0 Å². The quantitative estimate of drug-likeness (QED) is 0.0672. The Hall–Kier alpha value is -3.54. The fourth-order valence-electron chi connectivity index (χ4n) is 3.32. The molecule has 8 N–H and O–H groups in total. The van der Waals surface area contributed by atoms with Crippen molar-refractivity contribution in [1.82, 2.24) is 25.2 Å². The van der Waals surface area contributed by atoms with E-state index in [0.29, 0.717) is 10.6 Å². The largest absolute Gasteiger partial charge is 0.493 e. The standard InChI is InChI=1S/C18H15ClN8O6S3/c19-12-8(25-18(21)36-12)9(26-33)13(29)24-10-14(30)27-11(16(31)32)5(4-35-15(10)27)1-2-34-7-3-6(28)22-17(20)23-7/h1-3,10,15,33H,4H2,(H2,21,25)(H,24,29)(H,31,32)(H3,20,22,23,28)/b2-1+,26-9?/t10-,15-/m1/s1. The van der Waals surface area contributed by atoms with E-state index in [2.05, 4.69) is 25.4 Å². The number of carboxylic acid groups (broad SMARTS) is 1. The Labute approximate surface area is 219 Å². The summed E-state index contributed by atoms with van der Waals surface area (Å²) in [6, 6.07) is 0.211. The predicted molar refractivity (Wildman–Crippen MR) is 133 cm³/mol. The summed E-state index contributed by atoms with van der Waals surface area (Å²) in [7, 11) is 0. The summed E-state index contributed by atoms with van der Waals surface area (Å²) in [5.74, 6) is -3.14. The number of hydrogen-bond acceptors (Lipinski definition) is 14. The number of nitrogens with zero attached hydrogens (tertiary/aromatic N) is 5. The van der Waals surface area contributed by atoms with Crippen molar-refractivity contribution in [2.24, 2.45) is 5.16 Å². The lowest BCUT2D eigenvalue weighted by Crippen LogP contribution is -2.71. The number of thioether (sulfide) groups is 2. The molecule has 2 aliphatic heterocycles. The molecule has 2 aromatic rings. The van der Waals surface area contributed by atoms with Crippen LogP contribution < -0.4 is 16.8 Å². The van der Waals surface area contributed by atoms with E-state index in [9.17, 15) is 29.8 Å². The maximum atomic E-state index is 12.8. The normalized spacial score (nSPS) is 19.9. The molecule has 0 bridgehead atoms. The number of anilines is 2. The molecule has 0 radical (unpaired) electrons. The number of aliphatic carboxylic acids is 1. The van der Waals surface area contributed by atoms with Crippen LogP contribution in [0, 0.1) is 0 Å². The summed E-state index contributed by atoms with van der Waals surface area (Å²) in [6.07, 6.45) is 1.51. The lowest BCUT2D eigenvalue weighted by Gasteiger charge is -2.49. The molecule has 4 rings (SSSR count). The molecule has 18 heteroatoms. The van der Waals surface area contributed by atoms with Gasteiger partial charge in [0.15, 0.2) is 10.8 Å². The molecule has 2 aliphatic rings. The number of amides is 2. The molecular weight excluding hydrogens is 556 g/mol. The monoisotopic (exact) mass is 570 g/mol. The molecule has 0 aromatic carbocycles. The molecule has 1 fully saturated rings. The maximum Gasteiger partial charge on any atom is 0.352 e. The van der Waals surface area contributed by atoms with Crippen LogP contribution in [-0.2, 0) is 14.4 Å². The molecule has 2 amide bonds. The summed E-state index contributed by atoms with van der Waals surface area (Å²) in [5, 5.41) is 35.2. The van der Waals surface area contributed by atoms with Gasteiger partial charge in [0.05, 0.1) is 0 Å². The molecule has 188 valence electrons. The number of hydrogen-bond donors (Lipinski definition) is 6. The lowest BCUT2D eigenvalue weighted by molar-refractivity contribution is -0.150. The van der Waals surface area contributed by atoms with E-state index < -0.39 is 34.9 Å². The summed E-state index contributed by atoms with van der Waals surface area (Å²) >= 11 is 9.14. The van der Waals surface area contributed by atoms with Crippen molar-refractivity contribution in [3.8, 4) is 5.88 Å². The zero-order chi connectivity index (χ0) is 26.1. The van der Waals surface area contributed by atoms with Crippen LogP contribution in [0.5, 0.6) is 5.88 Å². The molecule has 0 spiro atoms. The summed E-state index contributed by atoms with van der Waals surface area (Å²) in [5.41, 5.74) is 10.5. The zero-order valence-electron chi connectivity index (χ0n) is 17.7. The molecule has 14 nitrogen and oxygen atoms in total. The van der Waals surface area contributed by atoms with Crippen LogP contribution >= 0.6 is 46.5 Å². The number of carbonyl (C=O) groups is 3. The number of carboxylic acids is 1. The van der Waals surface area contributed by atoms with E-state index in [1.807, 2.05) is 0 Å². The molecule has 0 aliphatic carbocycles. The number of allylic oxidation sites excluding steroid dienone is 1. The first-order valence-electron chi connectivity index (χ1n) is 9.63. The van der Waals surface area contributed by atoms with E-state index in [4.69, 9.17) is 23.1 Å². The van der Waals surface area contributed by atoms with Crippen LogP contribution in [0.2, 0.25) is 4.34 Å². The minimum absolute atomic E-state index is 0.0225. The number of aromatic nitrogens is 3. The summed E-state index contributed by atoms with van der Waals surface area (Å²) in [6.45, 7) is 0. The van der Waals surface area contributed by atoms with Crippen LogP contribution in [0.3, 0.4) is 0 Å². The van der Waals surface area contributed by atoms with Gasteiger partial charge >= 0.3 is 5.97 Å². The first kappa shape index (κ1) is 25.5. The number of aromatic hydroxyl groups is 1. The van der Waals surface area contributed by atoms with Gasteiger partial charge in [-0.1, -0.05) is 39.9 Å². The number of carbonyl (C=O) groups excluding carboxylic acids is 2. The molecule has 2 aromatic heterocycles. The number of β-lactam (4-membered cyclic amide) rings is 1. The van der Waals surface area contributed by atoms with Crippen molar-refractivity contribution in [2.45, 2.75) is 16.4 Å². The fraction of sp³-hybridized carbons (Fsp3) is 0.167. The Morgan fingerprint density at radius 3 is 2.69 bits per heavy atom. The Kier molecular flexibility index (Phi) is 7.25. The van der Waals surface area contributed by atoms with Crippen LogP contribution in [0.4, 0.5) is 11.1 Å². The lowest BCUT2D eigenvalue weighted by atomic mass is 10.0. The average molecular weight is 571 g/mol. The topological polar surface area (TPSA) is 230 Å². The smallest absolute Gasteiger partial charge is 0.352 e. The van der Waals surface area contributed by atoms with Gasteiger partial charge in [0, 0.05) is 11.8 Å². The summed E-state index contributed by atoms with van der Waals surface area (Å²) < 4.78 is 0.0225. The van der Waals surface area contributed by atoms with E-state index in [1.165, 1.54) is 29.3 Å². The minimum Gasteiger partial charge on any atom is -0.493 e. The van der Waals surface area contributed by atoms with Gasteiger partial charge in [-0.3, -0.25) is 14.5 Å². The number of nitrogens with two attached hydrogens (primary N) is 2. The fourth-order valence-corrected chi connectivity index (χ4v) is 6.26. The highest BCUT2D eigenvalue weighted by Crippen LogP contribution is 2.41. The first-order valence-corrected chi connectivity index (χ1v) is 12.8. The Balaban J connectivity index is 1.49. The third-order valence-electron chi connectivity index (χ3n) is 4.79. The highest BCUT2D eigenvalue weighted by atomic mass is 35.5. The molecular formula is C18H15ClN8O6S3. The van der Waals surface area contributed by atoms with Crippen molar-refractivity contribution in [2.75, 3.05) is 17.2 Å². The molecule has 36 heavy (non-hydrogen) atoms.